The zero-order chi connectivity index (χ0) is 46.5. The van der Waals surface area contributed by atoms with Gasteiger partial charge in [-0.3, -0.25) is 43.2 Å². The van der Waals surface area contributed by atoms with Crippen molar-refractivity contribution in [2.45, 2.75) is 126 Å². The van der Waals surface area contributed by atoms with Gasteiger partial charge in [0.05, 0.1) is 16.8 Å². The van der Waals surface area contributed by atoms with Crippen molar-refractivity contribution in [3.63, 3.8) is 0 Å². The smallest absolute Gasteiger partial charge is 0.303 e. The molecule has 4 rings (SSSR count). The third kappa shape index (κ3) is 14.5. The summed E-state index contributed by atoms with van der Waals surface area (Å²) in [7, 11) is 0. The summed E-state index contributed by atoms with van der Waals surface area (Å²) in [6.07, 6.45) is -11.9. The number of carbonyl (C=O) groups is 8. The van der Waals surface area contributed by atoms with Crippen LogP contribution in [-0.4, -0.2) is 143 Å². The summed E-state index contributed by atoms with van der Waals surface area (Å²) in [5.74, 6) is -6.59. The van der Waals surface area contributed by atoms with Crippen molar-refractivity contribution >= 4 is 71.3 Å². The quantitative estimate of drug-likeness (QED) is 0.124. The largest absolute Gasteiger partial charge is 0.463 e. The number of thioether (sulfide) groups is 2. The molecule has 1 aromatic carbocycles. The van der Waals surface area contributed by atoms with E-state index in [1.54, 1.807) is 30.3 Å². The number of esters is 8. The predicted molar refractivity (Wildman–Crippen MR) is 215 cm³/mol. The van der Waals surface area contributed by atoms with E-state index in [1.165, 1.54) is 6.20 Å². The van der Waals surface area contributed by atoms with E-state index in [1.807, 2.05) is 0 Å². The molecule has 10 unspecified atom stereocenters. The molecule has 0 saturated carbocycles. The fourth-order valence-corrected chi connectivity index (χ4v) is 8.96. The molecule has 23 heteroatoms. The highest BCUT2D eigenvalue weighted by Crippen LogP contribution is 2.37. The summed E-state index contributed by atoms with van der Waals surface area (Å²) in [6.45, 7) is 7.96. The first-order valence-corrected chi connectivity index (χ1v) is 21.3. The number of hydrogen-bond donors (Lipinski definition) is 0. The lowest BCUT2D eigenvalue weighted by atomic mass is 9.95. The normalized spacial score (nSPS) is 25.3. The molecular formula is C40H48N2O19S2. The molecule has 10 atom stereocenters. The van der Waals surface area contributed by atoms with Crippen LogP contribution in [0.5, 0.6) is 0 Å². The third-order valence-electron chi connectivity index (χ3n) is 8.87. The molecule has 0 spiro atoms. The number of carbonyl (C=O) groups excluding carboxylic acids is 8. The monoisotopic (exact) mass is 924 g/mol. The molecule has 21 nitrogen and oxygen atoms in total. The van der Waals surface area contributed by atoms with E-state index in [0.29, 0.717) is 5.69 Å². The van der Waals surface area contributed by atoms with Crippen molar-refractivity contribution in [2.75, 3.05) is 24.7 Å². The zero-order valence-corrected chi connectivity index (χ0v) is 37.2. The highest BCUT2D eigenvalue weighted by Gasteiger charge is 2.53. The van der Waals surface area contributed by atoms with Gasteiger partial charge in [0.25, 0.3) is 5.56 Å². The minimum Gasteiger partial charge on any atom is -0.463 e. The molecule has 0 bridgehead atoms. The topological polar surface area (TPSA) is 264 Å². The van der Waals surface area contributed by atoms with Gasteiger partial charge >= 0.3 is 47.8 Å². The lowest BCUT2D eigenvalue weighted by Gasteiger charge is -2.44. The maximum Gasteiger partial charge on any atom is 0.303 e. The van der Waals surface area contributed by atoms with Crippen molar-refractivity contribution in [3.05, 3.63) is 46.9 Å². The first kappa shape index (κ1) is 50.1. The molecule has 1 aromatic heterocycles. The minimum absolute atomic E-state index is 0.0670. The SMILES string of the molecule is CC(=O)OCC1OC(CSc2cnn(-c3ccccc3)c(=O)c2SCC2OC(COC(C)=O)C(OC(C)=O)C(OC(C)=O)C2OC(C)=O)C(OC(C)=O)C(OC(C)=O)C1OC(C)=O. The number of benzene rings is 1. The van der Waals surface area contributed by atoms with Crippen LogP contribution in [0.4, 0.5) is 0 Å². The number of para-hydroxylation sites is 1. The van der Waals surface area contributed by atoms with Gasteiger partial charge in [-0.25, -0.2) is 0 Å². The van der Waals surface area contributed by atoms with Gasteiger partial charge in [0.2, 0.25) is 0 Å². The van der Waals surface area contributed by atoms with E-state index in [2.05, 4.69) is 5.10 Å². The van der Waals surface area contributed by atoms with E-state index in [9.17, 15) is 43.2 Å². The first-order valence-electron chi connectivity index (χ1n) is 19.3. The molecule has 0 amide bonds. The minimum atomic E-state index is -1.45. The van der Waals surface area contributed by atoms with Gasteiger partial charge in [0.15, 0.2) is 36.6 Å². The lowest BCUT2D eigenvalue weighted by Crippen LogP contribution is -2.63. The number of hydrogen-bond acceptors (Lipinski definition) is 22. The van der Waals surface area contributed by atoms with Crippen LogP contribution in [0, 0.1) is 0 Å². The molecule has 63 heavy (non-hydrogen) atoms. The fraction of sp³-hybridized carbons (Fsp3) is 0.550. The molecule has 2 aliphatic heterocycles. The van der Waals surface area contributed by atoms with Crippen molar-refractivity contribution < 1.29 is 85.7 Å². The Bertz CT molecular complexity index is 2060. The Balaban J connectivity index is 1.78. The summed E-state index contributed by atoms with van der Waals surface area (Å²) in [6, 6.07) is 8.42. The summed E-state index contributed by atoms with van der Waals surface area (Å²) in [5, 5.41) is 4.39. The fourth-order valence-electron chi connectivity index (χ4n) is 6.65. The van der Waals surface area contributed by atoms with Crippen LogP contribution < -0.4 is 5.56 Å². The van der Waals surface area contributed by atoms with Crippen LogP contribution in [0.25, 0.3) is 5.69 Å². The van der Waals surface area contributed by atoms with Crippen molar-refractivity contribution in [3.8, 4) is 5.69 Å². The molecule has 344 valence electrons. The molecule has 2 saturated heterocycles. The highest BCUT2D eigenvalue weighted by atomic mass is 32.2. The molecular weight excluding hydrogens is 877 g/mol. The molecule has 2 aliphatic rings. The van der Waals surface area contributed by atoms with Gasteiger partial charge in [0, 0.05) is 71.8 Å². The summed E-state index contributed by atoms with van der Waals surface area (Å²) < 4.78 is 57.3. The summed E-state index contributed by atoms with van der Waals surface area (Å²) in [5.41, 5.74) is -0.226. The highest BCUT2D eigenvalue weighted by molar-refractivity contribution is 8.02. The van der Waals surface area contributed by atoms with Crippen LogP contribution in [0.3, 0.4) is 0 Å². The van der Waals surface area contributed by atoms with Crippen LogP contribution in [0.15, 0.2) is 51.1 Å². The van der Waals surface area contributed by atoms with Gasteiger partial charge in [-0.15, -0.1) is 23.5 Å². The summed E-state index contributed by atoms with van der Waals surface area (Å²) >= 11 is 1.94. The number of aromatic nitrogens is 2. The predicted octanol–water partition coefficient (Wildman–Crippen LogP) is 1.67. The Morgan fingerprint density at radius 1 is 0.524 bits per heavy atom. The Labute approximate surface area is 369 Å². The zero-order valence-electron chi connectivity index (χ0n) is 35.5. The van der Waals surface area contributed by atoms with E-state index < -0.39 is 128 Å². The second kappa shape index (κ2) is 23.2. The van der Waals surface area contributed by atoms with E-state index in [-0.39, 0.29) is 21.3 Å². The maximum atomic E-state index is 14.4. The van der Waals surface area contributed by atoms with Gasteiger partial charge in [0.1, 0.15) is 37.6 Å². The van der Waals surface area contributed by atoms with Crippen molar-refractivity contribution in [1.29, 1.82) is 0 Å². The number of ether oxygens (including phenoxy) is 10. The van der Waals surface area contributed by atoms with Gasteiger partial charge in [-0.2, -0.15) is 9.78 Å². The van der Waals surface area contributed by atoms with E-state index in [4.69, 9.17) is 47.4 Å². The standard InChI is InChI=1S/C40H48N2O19S2/c1-19(43)52-15-28-33(54-21(3)45)37(58-25(7)49)35(56-23(5)47)30(60-28)17-62-32-14-41-42(27-12-10-9-11-13-27)40(51)39(32)63-18-31-36(57-24(6)48)38(59-26(8)50)34(55-22(4)46)29(61-31)16-53-20(2)44/h9-14,28-31,33-38H,15-18H2,1-8H3. The molecule has 2 aromatic rings. The second-order valence-corrected chi connectivity index (χ2v) is 16.1. The van der Waals surface area contributed by atoms with Crippen LogP contribution >= 0.6 is 23.5 Å². The lowest BCUT2D eigenvalue weighted by molar-refractivity contribution is -0.248. The van der Waals surface area contributed by atoms with Gasteiger partial charge in [-0.1, -0.05) is 18.2 Å². The Morgan fingerprint density at radius 2 is 0.889 bits per heavy atom. The van der Waals surface area contributed by atoms with Crippen LogP contribution in [0.1, 0.15) is 55.4 Å². The Morgan fingerprint density at radius 3 is 1.27 bits per heavy atom. The van der Waals surface area contributed by atoms with Crippen LogP contribution in [-0.2, 0) is 85.7 Å². The van der Waals surface area contributed by atoms with Crippen LogP contribution in [0.2, 0.25) is 0 Å². The van der Waals surface area contributed by atoms with Gasteiger partial charge < -0.3 is 47.4 Å². The van der Waals surface area contributed by atoms with Gasteiger partial charge in [-0.05, 0) is 12.1 Å². The molecule has 0 radical (unpaired) electrons. The molecule has 2 fully saturated rings. The summed E-state index contributed by atoms with van der Waals surface area (Å²) in [4.78, 5) is 113. The van der Waals surface area contributed by atoms with Crippen molar-refractivity contribution in [1.82, 2.24) is 9.78 Å². The van der Waals surface area contributed by atoms with E-state index in [0.717, 1.165) is 83.6 Å². The van der Waals surface area contributed by atoms with E-state index >= 15 is 0 Å². The first-order chi connectivity index (χ1) is 29.7. The molecule has 3 heterocycles. The third-order valence-corrected chi connectivity index (χ3v) is 11.3. The Kier molecular flexibility index (Phi) is 18.5. The Hall–Kier alpha value is -5.52. The average Bonchev–Trinajstić information content (AvgIpc) is 3.18. The maximum absolute atomic E-state index is 14.4. The number of nitrogens with zero attached hydrogens (tertiary/aromatic N) is 2. The average molecular weight is 925 g/mol. The second-order valence-electron chi connectivity index (χ2n) is 14.0. The number of rotatable bonds is 17. The molecule has 0 N–H and O–H groups in total. The van der Waals surface area contributed by atoms with Crippen molar-refractivity contribution in [2.24, 2.45) is 0 Å². The molecule has 0 aliphatic carbocycles.